The topological polar surface area (TPSA) is 245 Å². The van der Waals surface area contributed by atoms with Gasteiger partial charge >= 0.3 is 11.9 Å². The van der Waals surface area contributed by atoms with Crippen molar-refractivity contribution in [1.29, 1.82) is 0 Å². The number of aryl methyl sites for hydroxylation is 1. The van der Waals surface area contributed by atoms with Crippen molar-refractivity contribution in [3.8, 4) is 0 Å². The molecule has 2 atom stereocenters. The highest BCUT2D eigenvalue weighted by Gasteiger charge is 2.54. The number of anilines is 2. The Morgan fingerprint density at radius 2 is 2.10 bits per heavy atom. The van der Waals surface area contributed by atoms with E-state index in [2.05, 4.69) is 25.5 Å². The molecule has 2 aliphatic heterocycles. The molecule has 41 heavy (non-hydrogen) atoms. The fraction of sp³-hybridized carbons (Fsp3) is 0.286. The van der Waals surface area contributed by atoms with Crippen LogP contribution in [0.1, 0.15) is 5.69 Å². The molecule has 214 valence electrons. The van der Waals surface area contributed by atoms with E-state index in [-0.39, 0.29) is 39.6 Å². The highest BCUT2D eigenvalue weighted by Crippen LogP contribution is 2.41. The number of thiazole rings is 1. The van der Waals surface area contributed by atoms with Crippen LogP contribution in [0.15, 0.2) is 39.4 Å². The lowest BCUT2D eigenvalue weighted by Crippen LogP contribution is -2.71. The molecule has 0 aromatic carbocycles. The van der Waals surface area contributed by atoms with Gasteiger partial charge in [-0.1, -0.05) is 16.9 Å². The fourth-order valence-electron chi connectivity index (χ4n) is 4.03. The summed E-state index contributed by atoms with van der Waals surface area (Å²) in [5.74, 6) is -3.38. The maximum absolute atomic E-state index is 13.1. The molecule has 5 heterocycles. The van der Waals surface area contributed by atoms with E-state index >= 15 is 0 Å². The van der Waals surface area contributed by atoms with Crippen molar-refractivity contribution >= 4 is 80.9 Å². The van der Waals surface area contributed by atoms with E-state index in [1.165, 1.54) is 28.9 Å². The van der Waals surface area contributed by atoms with Gasteiger partial charge in [-0.2, -0.15) is 4.98 Å². The van der Waals surface area contributed by atoms with Gasteiger partial charge in [-0.15, -0.1) is 23.1 Å². The highest BCUT2D eigenvalue weighted by molar-refractivity contribution is 8.01. The van der Waals surface area contributed by atoms with Gasteiger partial charge in [0, 0.05) is 22.0 Å². The molecule has 17 nitrogen and oxygen atoms in total. The van der Waals surface area contributed by atoms with E-state index in [9.17, 15) is 24.3 Å². The number of nitrogens with one attached hydrogen (secondary N) is 1. The Labute approximate surface area is 242 Å². The third kappa shape index (κ3) is 5.47. The lowest BCUT2D eigenvalue weighted by molar-refractivity contribution is -0.646. The quantitative estimate of drug-likeness (QED) is 0.0432. The zero-order valence-corrected chi connectivity index (χ0v) is 23.4. The summed E-state index contributed by atoms with van der Waals surface area (Å²) < 4.78 is 3.34. The fourth-order valence-corrected chi connectivity index (χ4v) is 7.03. The van der Waals surface area contributed by atoms with Gasteiger partial charge in [-0.25, -0.2) is 19.1 Å². The standard InChI is InChI=1S/C21H20N10O7S3/c1-29-7-24-31-11(29)2-10(22)26-21(31)41-5-8-4-39-18-14(17(35)30(18)15(8)19(36)37)27-16(34)13(28-38-3-12(32)33)9-6-40-20(23)25-9/h2,6-7,14,18,22H,3-5H2,1H3,(H5,23,25,27,32,33,34,36,37)/p+1/b28-13-/t14?,18-/m1/s1. The van der Waals surface area contributed by atoms with Crippen molar-refractivity contribution in [3.05, 3.63) is 34.7 Å². The van der Waals surface area contributed by atoms with E-state index in [0.717, 1.165) is 16.2 Å². The van der Waals surface area contributed by atoms with Crippen LogP contribution >= 0.6 is 34.9 Å². The largest absolute Gasteiger partial charge is 0.479 e. The van der Waals surface area contributed by atoms with Crippen LogP contribution in [0.4, 0.5) is 10.9 Å². The number of fused-ring (bicyclic) bond motifs is 2. The number of nitrogens with zero attached hydrogens (tertiary/aromatic N) is 7. The Bertz CT molecular complexity index is 1650. The van der Waals surface area contributed by atoms with Gasteiger partial charge < -0.3 is 31.8 Å². The van der Waals surface area contributed by atoms with Gasteiger partial charge in [0.05, 0.1) is 13.1 Å². The summed E-state index contributed by atoms with van der Waals surface area (Å²) in [6.45, 7) is -0.811. The zero-order chi connectivity index (χ0) is 29.4. The van der Waals surface area contributed by atoms with Crippen molar-refractivity contribution < 1.29 is 38.8 Å². The van der Waals surface area contributed by atoms with E-state index in [1.807, 2.05) is 0 Å². The number of rotatable bonds is 10. The third-order valence-corrected chi connectivity index (χ3v) is 8.87. The minimum absolute atomic E-state index is 0.0239. The van der Waals surface area contributed by atoms with Crippen LogP contribution in [0.25, 0.3) is 5.65 Å². The summed E-state index contributed by atoms with van der Waals surface area (Å²) in [5, 5.41) is 30.5. The number of carbonyl (C=O) groups excluding carboxylic acids is 2. The molecule has 2 aliphatic rings. The number of nitrogens with two attached hydrogens (primary N) is 2. The number of β-lactam (4-membered cyclic amide) rings is 1. The number of aliphatic carboxylic acids is 2. The number of amides is 2. The number of hydrogen-bond acceptors (Lipinski definition) is 14. The predicted octanol–water partition coefficient (Wildman–Crippen LogP) is -1.49. The molecular formula is C21H21N10O7S3+. The number of carboxylic acid groups (broad SMARTS) is 2. The Morgan fingerprint density at radius 1 is 1.32 bits per heavy atom. The normalized spacial score (nSPS) is 18.7. The first-order chi connectivity index (χ1) is 19.5. The Kier molecular flexibility index (Phi) is 7.69. The van der Waals surface area contributed by atoms with Crippen LogP contribution < -0.4 is 21.4 Å². The molecule has 1 saturated heterocycles. The number of hydrogen-bond donors (Lipinski definition) is 5. The number of carboxylic acids is 2. The second-order valence-corrected chi connectivity index (χ2v) is 11.5. The average molecular weight is 622 g/mol. The SMILES string of the molecule is C[n+]1cnn2c(SCC3=C(C(=O)O)N4C(=O)C(NC(=O)/C(=N\OCC(=O)O)c5csc(N)n5)[C@H]4SC3)nc(N)cc21. The molecule has 1 fully saturated rings. The lowest BCUT2D eigenvalue weighted by Gasteiger charge is -2.49. The minimum Gasteiger partial charge on any atom is -0.479 e. The van der Waals surface area contributed by atoms with E-state index in [1.54, 1.807) is 28.5 Å². The third-order valence-electron chi connectivity index (χ3n) is 5.84. The van der Waals surface area contributed by atoms with Crippen LogP contribution in [-0.4, -0.2) is 93.7 Å². The molecule has 7 N–H and O–H groups in total. The van der Waals surface area contributed by atoms with Crippen molar-refractivity contribution in [1.82, 2.24) is 29.8 Å². The molecule has 1 unspecified atom stereocenters. The van der Waals surface area contributed by atoms with E-state index in [4.69, 9.17) is 21.4 Å². The van der Waals surface area contributed by atoms with Gasteiger partial charge in [-0.3, -0.25) is 14.5 Å². The molecule has 0 spiro atoms. The summed E-state index contributed by atoms with van der Waals surface area (Å²) in [4.78, 5) is 63.3. The average Bonchev–Trinajstić information content (AvgIpc) is 3.52. The molecular weight excluding hydrogens is 600 g/mol. The van der Waals surface area contributed by atoms with Crippen molar-refractivity contribution in [3.63, 3.8) is 0 Å². The molecule has 0 bridgehead atoms. The molecule has 0 radical (unpaired) electrons. The molecule has 2 amide bonds. The molecule has 3 aromatic heterocycles. The molecule has 0 saturated carbocycles. The van der Waals surface area contributed by atoms with Crippen LogP contribution in [0.5, 0.6) is 0 Å². The zero-order valence-electron chi connectivity index (χ0n) is 21.0. The van der Waals surface area contributed by atoms with Gasteiger partial charge in [-0.05, 0) is 10.1 Å². The lowest BCUT2D eigenvalue weighted by atomic mass is 10.0. The Hall–Kier alpha value is -4.43. The van der Waals surface area contributed by atoms with Crippen LogP contribution in [0, 0.1) is 0 Å². The smallest absolute Gasteiger partial charge is 0.352 e. The van der Waals surface area contributed by atoms with Crippen molar-refractivity contribution in [2.45, 2.75) is 16.6 Å². The van der Waals surface area contributed by atoms with Crippen LogP contribution in [0.3, 0.4) is 0 Å². The first-order valence-electron chi connectivity index (χ1n) is 11.5. The molecule has 20 heteroatoms. The number of carbonyl (C=O) groups is 4. The Balaban J connectivity index is 1.33. The molecule has 3 aromatic rings. The second-order valence-electron chi connectivity index (χ2n) is 8.56. The molecule has 5 rings (SSSR count). The summed E-state index contributed by atoms with van der Waals surface area (Å²) in [6.07, 6.45) is 1.59. The first kappa shape index (κ1) is 28.1. The molecule has 0 aliphatic carbocycles. The van der Waals surface area contributed by atoms with E-state index < -0.39 is 41.8 Å². The minimum atomic E-state index is -1.31. The summed E-state index contributed by atoms with van der Waals surface area (Å²) in [5.41, 5.74) is 12.2. The number of thioether (sulfide) groups is 2. The van der Waals surface area contributed by atoms with E-state index in [0.29, 0.717) is 16.4 Å². The van der Waals surface area contributed by atoms with Crippen LogP contribution in [0.2, 0.25) is 0 Å². The van der Waals surface area contributed by atoms with Crippen molar-refractivity contribution in [2.75, 3.05) is 29.6 Å². The first-order valence-corrected chi connectivity index (χ1v) is 14.4. The van der Waals surface area contributed by atoms with Gasteiger partial charge in [0.1, 0.15) is 28.6 Å². The number of oxime groups is 1. The highest BCUT2D eigenvalue weighted by atomic mass is 32.2. The maximum atomic E-state index is 13.1. The van der Waals surface area contributed by atoms with Crippen LogP contribution in [-0.2, 0) is 31.1 Å². The summed E-state index contributed by atoms with van der Waals surface area (Å²) in [7, 11) is 1.80. The van der Waals surface area contributed by atoms with Gasteiger partial charge in [0.25, 0.3) is 28.9 Å². The Morgan fingerprint density at radius 3 is 2.78 bits per heavy atom. The maximum Gasteiger partial charge on any atom is 0.352 e. The summed E-state index contributed by atoms with van der Waals surface area (Å²) in [6, 6.07) is 0.585. The number of nitrogen functional groups attached to an aromatic ring is 2. The predicted molar refractivity (Wildman–Crippen MR) is 146 cm³/mol. The monoisotopic (exact) mass is 621 g/mol. The van der Waals surface area contributed by atoms with Gasteiger partial charge in [0.2, 0.25) is 6.61 Å². The number of aromatic nitrogens is 5. The summed E-state index contributed by atoms with van der Waals surface area (Å²) >= 11 is 3.52. The van der Waals surface area contributed by atoms with Gasteiger partial charge in [0.15, 0.2) is 10.8 Å². The second kappa shape index (κ2) is 11.2. The van der Waals surface area contributed by atoms with Crippen molar-refractivity contribution in [2.24, 2.45) is 12.2 Å².